The Balaban J connectivity index is 2.41. The monoisotopic (exact) mass is 273 g/mol. The van der Waals surface area contributed by atoms with Crippen LogP contribution in [0.4, 0.5) is 0 Å². The summed E-state index contributed by atoms with van der Waals surface area (Å²) in [4.78, 5) is 11.2. The van der Waals surface area contributed by atoms with E-state index < -0.39 is 0 Å². The van der Waals surface area contributed by atoms with Gasteiger partial charge in [0, 0.05) is 17.1 Å². The number of halogens is 1. The van der Waals surface area contributed by atoms with Crippen molar-refractivity contribution in [3.8, 4) is 5.69 Å². The molecule has 0 atom stereocenters. The maximum absolute atomic E-state index is 11.2. The molecule has 0 N–H and O–H groups in total. The molecule has 0 radical (unpaired) electrons. The summed E-state index contributed by atoms with van der Waals surface area (Å²) in [6.07, 6.45) is 3.36. The van der Waals surface area contributed by atoms with E-state index in [1.54, 1.807) is 0 Å². The topological polar surface area (TPSA) is 22.0 Å². The van der Waals surface area contributed by atoms with Crippen molar-refractivity contribution in [3.05, 3.63) is 59.4 Å². The summed E-state index contributed by atoms with van der Waals surface area (Å²) in [6.45, 7) is 4.10. The number of rotatable bonds is 4. The van der Waals surface area contributed by atoms with E-state index >= 15 is 0 Å². The van der Waals surface area contributed by atoms with Crippen molar-refractivity contribution in [1.29, 1.82) is 0 Å². The van der Waals surface area contributed by atoms with Crippen LogP contribution in [0.25, 0.3) is 11.8 Å². The number of benzene rings is 1. The molecule has 2 rings (SSSR count). The zero-order valence-corrected chi connectivity index (χ0v) is 11.8. The zero-order chi connectivity index (χ0) is 13.8. The molecule has 1 heterocycles. The summed E-state index contributed by atoms with van der Waals surface area (Å²) < 4.78 is 2.17. The minimum absolute atomic E-state index is 0.0217. The molecule has 19 heavy (non-hydrogen) atoms. The predicted octanol–water partition coefficient (Wildman–Crippen LogP) is 3.92. The highest BCUT2D eigenvalue weighted by atomic mass is 35.5. The molecule has 0 aliphatic carbocycles. The highest BCUT2D eigenvalue weighted by Crippen LogP contribution is 2.21. The number of hydrogen-bond acceptors (Lipinski definition) is 1. The number of aryl methyl sites for hydroxylation is 1. The Bertz CT molecular complexity index is 611. The maximum atomic E-state index is 11.2. The Kier molecular flexibility index (Phi) is 4.23. The fraction of sp³-hybridized carbons (Fsp3) is 0.188. The number of para-hydroxylation sites is 1. The number of alkyl halides is 1. The average Bonchev–Trinajstić information content (AvgIpc) is 2.71. The van der Waals surface area contributed by atoms with E-state index in [4.69, 9.17) is 11.6 Å². The van der Waals surface area contributed by atoms with E-state index in [-0.39, 0.29) is 11.7 Å². The molecule has 1 aromatic heterocycles. The molecule has 0 spiro atoms. The van der Waals surface area contributed by atoms with Crippen molar-refractivity contribution in [2.24, 2.45) is 0 Å². The van der Waals surface area contributed by atoms with Crippen molar-refractivity contribution in [2.75, 3.05) is 5.88 Å². The molecule has 0 bridgehead atoms. The lowest BCUT2D eigenvalue weighted by Crippen LogP contribution is -1.98. The first-order valence-corrected chi connectivity index (χ1v) is 6.68. The van der Waals surface area contributed by atoms with Crippen LogP contribution >= 0.6 is 11.6 Å². The SMILES string of the molecule is Cc1cc(/C=C/C(=O)CCl)c(C)n1-c1ccccc1. The Morgan fingerprint density at radius 2 is 1.95 bits per heavy atom. The number of allylic oxidation sites excluding steroid dienone is 1. The van der Waals surface area contributed by atoms with Gasteiger partial charge in [-0.25, -0.2) is 0 Å². The molecule has 0 aliphatic heterocycles. The number of carbonyl (C=O) groups excluding carboxylic acids is 1. The van der Waals surface area contributed by atoms with Crippen molar-refractivity contribution in [2.45, 2.75) is 13.8 Å². The molecule has 0 amide bonds. The Hall–Kier alpha value is -1.80. The number of ketones is 1. The average molecular weight is 274 g/mol. The first-order valence-electron chi connectivity index (χ1n) is 6.14. The van der Waals surface area contributed by atoms with Crippen LogP contribution in [-0.4, -0.2) is 16.2 Å². The molecule has 0 saturated heterocycles. The predicted molar refractivity (Wildman–Crippen MR) is 80.0 cm³/mol. The third-order valence-corrected chi connectivity index (χ3v) is 3.33. The van der Waals surface area contributed by atoms with Crippen LogP contribution in [0.1, 0.15) is 17.0 Å². The third kappa shape index (κ3) is 2.96. The van der Waals surface area contributed by atoms with E-state index in [2.05, 4.69) is 29.7 Å². The minimum atomic E-state index is -0.0776. The van der Waals surface area contributed by atoms with Gasteiger partial charge in [0.1, 0.15) is 0 Å². The lowest BCUT2D eigenvalue weighted by Gasteiger charge is -2.09. The second-order valence-corrected chi connectivity index (χ2v) is 4.70. The number of carbonyl (C=O) groups is 1. The first kappa shape index (κ1) is 13.6. The molecule has 98 valence electrons. The number of aromatic nitrogens is 1. The van der Waals surface area contributed by atoms with Crippen LogP contribution in [0.15, 0.2) is 42.5 Å². The summed E-state index contributed by atoms with van der Waals surface area (Å²) in [5.74, 6) is -0.0559. The highest BCUT2D eigenvalue weighted by Gasteiger charge is 2.08. The summed E-state index contributed by atoms with van der Waals surface area (Å²) in [7, 11) is 0. The van der Waals surface area contributed by atoms with Crippen molar-refractivity contribution >= 4 is 23.5 Å². The van der Waals surface area contributed by atoms with Crippen LogP contribution < -0.4 is 0 Å². The zero-order valence-electron chi connectivity index (χ0n) is 11.1. The van der Waals surface area contributed by atoms with Gasteiger partial charge in [-0.05, 0) is 49.8 Å². The Morgan fingerprint density at radius 1 is 1.26 bits per heavy atom. The number of nitrogens with zero attached hydrogens (tertiary/aromatic N) is 1. The van der Waals surface area contributed by atoms with Crippen LogP contribution in [-0.2, 0) is 4.79 Å². The van der Waals surface area contributed by atoms with Gasteiger partial charge in [0.25, 0.3) is 0 Å². The second-order valence-electron chi connectivity index (χ2n) is 4.43. The minimum Gasteiger partial charge on any atom is -0.318 e. The van der Waals surface area contributed by atoms with Crippen molar-refractivity contribution < 1.29 is 4.79 Å². The Labute approximate surface area is 118 Å². The van der Waals surface area contributed by atoms with E-state index in [0.29, 0.717) is 0 Å². The van der Waals surface area contributed by atoms with E-state index in [9.17, 15) is 4.79 Å². The van der Waals surface area contributed by atoms with Gasteiger partial charge in [-0.15, -0.1) is 11.6 Å². The van der Waals surface area contributed by atoms with Gasteiger partial charge >= 0.3 is 0 Å². The maximum Gasteiger partial charge on any atom is 0.170 e. The van der Waals surface area contributed by atoms with E-state index in [0.717, 1.165) is 22.6 Å². The van der Waals surface area contributed by atoms with Gasteiger partial charge in [-0.3, -0.25) is 4.79 Å². The molecular formula is C16H16ClNO. The smallest absolute Gasteiger partial charge is 0.170 e. The van der Waals surface area contributed by atoms with Gasteiger partial charge in [0.15, 0.2) is 5.78 Å². The van der Waals surface area contributed by atoms with E-state index in [1.165, 1.54) is 6.08 Å². The molecule has 3 heteroatoms. The van der Waals surface area contributed by atoms with E-state index in [1.807, 2.05) is 31.2 Å². The molecule has 1 aromatic carbocycles. The van der Waals surface area contributed by atoms with Gasteiger partial charge in [-0.1, -0.05) is 18.2 Å². The Morgan fingerprint density at radius 3 is 2.58 bits per heavy atom. The molecule has 0 saturated carbocycles. The van der Waals surface area contributed by atoms with Gasteiger partial charge in [0.05, 0.1) is 5.88 Å². The lowest BCUT2D eigenvalue weighted by molar-refractivity contribution is -0.112. The van der Waals surface area contributed by atoms with Gasteiger partial charge in [0.2, 0.25) is 0 Å². The second kappa shape index (κ2) is 5.89. The molecule has 2 aromatic rings. The summed E-state index contributed by atoms with van der Waals surface area (Å²) >= 11 is 5.48. The summed E-state index contributed by atoms with van der Waals surface area (Å²) in [5, 5.41) is 0. The third-order valence-electron chi connectivity index (χ3n) is 3.07. The standard InChI is InChI=1S/C16H16ClNO/c1-12-10-14(8-9-16(19)11-17)13(2)18(12)15-6-4-3-5-7-15/h3-10H,11H2,1-2H3/b9-8+. The molecule has 0 fully saturated rings. The van der Waals surface area contributed by atoms with Crippen LogP contribution in [0, 0.1) is 13.8 Å². The van der Waals surface area contributed by atoms with Gasteiger partial charge in [-0.2, -0.15) is 0 Å². The fourth-order valence-electron chi connectivity index (χ4n) is 2.16. The van der Waals surface area contributed by atoms with Crippen molar-refractivity contribution in [1.82, 2.24) is 4.57 Å². The summed E-state index contributed by atoms with van der Waals surface area (Å²) in [5.41, 5.74) is 4.42. The lowest BCUT2D eigenvalue weighted by atomic mass is 10.2. The largest absolute Gasteiger partial charge is 0.318 e. The fourth-order valence-corrected chi connectivity index (χ4v) is 2.25. The van der Waals surface area contributed by atoms with Crippen LogP contribution in [0.2, 0.25) is 0 Å². The first-order chi connectivity index (χ1) is 9.13. The normalized spacial score (nSPS) is 11.1. The molecule has 0 unspecified atom stereocenters. The molecule has 0 aliphatic rings. The molecular weight excluding hydrogens is 258 g/mol. The van der Waals surface area contributed by atoms with Crippen LogP contribution in [0.3, 0.4) is 0 Å². The van der Waals surface area contributed by atoms with Crippen LogP contribution in [0.5, 0.6) is 0 Å². The number of hydrogen-bond donors (Lipinski definition) is 0. The highest BCUT2D eigenvalue weighted by molar-refractivity contribution is 6.29. The van der Waals surface area contributed by atoms with Crippen molar-refractivity contribution in [3.63, 3.8) is 0 Å². The molecule has 2 nitrogen and oxygen atoms in total. The quantitative estimate of drug-likeness (QED) is 0.611. The van der Waals surface area contributed by atoms with Gasteiger partial charge < -0.3 is 4.57 Å². The summed E-state index contributed by atoms with van der Waals surface area (Å²) in [6, 6.07) is 12.2.